The number of nitriles is 1. The zero-order valence-corrected chi connectivity index (χ0v) is 10.1. The van der Waals surface area contributed by atoms with Crippen molar-refractivity contribution in [3.63, 3.8) is 0 Å². The van der Waals surface area contributed by atoms with Crippen molar-refractivity contribution in [3.05, 3.63) is 29.3 Å². The maximum absolute atomic E-state index is 11.2. The number of carboxylic acid groups (broad SMARTS) is 1. The van der Waals surface area contributed by atoms with E-state index in [0.29, 0.717) is 18.7 Å². The summed E-state index contributed by atoms with van der Waals surface area (Å²) in [6, 6.07) is 6.79. The van der Waals surface area contributed by atoms with Gasteiger partial charge in [0.1, 0.15) is 0 Å². The molecule has 0 bridgehead atoms. The number of carbonyl (C=O) groups is 1. The fourth-order valence-electron chi connectivity index (χ4n) is 2.07. The van der Waals surface area contributed by atoms with E-state index in [-0.39, 0.29) is 6.61 Å². The number of nitrogens with zero attached hydrogens (tertiary/aromatic N) is 2. The fourth-order valence-corrected chi connectivity index (χ4v) is 2.07. The highest BCUT2D eigenvalue weighted by molar-refractivity contribution is 5.79. The Morgan fingerprint density at radius 2 is 2.39 bits per heavy atom. The van der Waals surface area contributed by atoms with E-state index < -0.39 is 12.0 Å². The molecule has 1 saturated heterocycles. The molecule has 2 rings (SSSR count). The normalized spacial score (nSPS) is 19.3. The van der Waals surface area contributed by atoms with Crippen LogP contribution in [0.25, 0.3) is 0 Å². The maximum atomic E-state index is 11.2. The molecule has 1 N–H and O–H groups in total. The van der Waals surface area contributed by atoms with Crippen molar-refractivity contribution in [2.75, 3.05) is 24.7 Å². The fraction of sp³-hybridized carbons (Fsp3) is 0.385. The molecule has 0 spiro atoms. The third kappa shape index (κ3) is 2.29. The molecule has 0 aromatic heterocycles. The van der Waals surface area contributed by atoms with Crippen LogP contribution >= 0.6 is 0 Å². The number of aliphatic carboxylic acids is 1. The van der Waals surface area contributed by atoms with Gasteiger partial charge in [0.25, 0.3) is 0 Å². The summed E-state index contributed by atoms with van der Waals surface area (Å²) in [6.45, 7) is 3.10. The largest absolute Gasteiger partial charge is 0.480 e. The first-order valence-corrected chi connectivity index (χ1v) is 5.71. The Balaban J connectivity index is 2.32. The van der Waals surface area contributed by atoms with E-state index in [2.05, 4.69) is 6.07 Å². The first-order valence-electron chi connectivity index (χ1n) is 5.71. The van der Waals surface area contributed by atoms with Crippen LogP contribution in [0.5, 0.6) is 0 Å². The average Bonchev–Trinajstić information content (AvgIpc) is 2.38. The lowest BCUT2D eigenvalue weighted by Crippen LogP contribution is -2.50. The number of morpholine rings is 1. The molecule has 1 aromatic carbocycles. The highest BCUT2D eigenvalue weighted by atomic mass is 16.5. The van der Waals surface area contributed by atoms with Gasteiger partial charge in [-0.05, 0) is 30.7 Å². The van der Waals surface area contributed by atoms with Gasteiger partial charge in [-0.3, -0.25) is 0 Å². The number of benzene rings is 1. The predicted octanol–water partition coefficient (Wildman–Crippen LogP) is 1.16. The zero-order chi connectivity index (χ0) is 13.1. The van der Waals surface area contributed by atoms with Crippen LogP contribution in [0, 0.1) is 18.3 Å². The molecular formula is C13H14N2O3. The molecule has 94 valence electrons. The molecule has 5 nitrogen and oxygen atoms in total. The van der Waals surface area contributed by atoms with Crippen LogP contribution in [0.1, 0.15) is 11.1 Å². The molecular weight excluding hydrogens is 232 g/mol. The van der Waals surface area contributed by atoms with Crippen LogP contribution in [0.4, 0.5) is 5.69 Å². The standard InChI is InChI=1S/C13H14N2O3/c1-9-6-11(3-2-10(9)7-14)15-4-5-18-8-12(15)13(16)17/h2-3,6,12H,4-5,8H2,1H3,(H,16,17). The Bertz CT molecular complexity index is 507. The van der Waals surface area contributed by atoms with Gasteiger partial charge in [-0.25, -0.2) is 4.79 Å². The molecule has 5 heteroatoms. The summed E-state index contributed by atoms with van der Waals surface area (Å²) in [6.07, 6.45) is 0. The van der Waals surface area contributed by atoms with Gasteiger partial charge in [0, 0.05) is 12.2 Å². The third-order valence-electron chi connectivity index (χ3n) is 3.08. The molecule has 0 amide bonds. The Morgan fingerprint density at radius 1 is 1.61 bits per heavy atom. The predicted molar refractivity (Wildman–Crippen MR) is 65.5 cm³/mol. The zero-order valence-electron chi connectivity index (χ0n) is 10.1. The van der Waals surface area contributed by atoms with Crippen molar-refractivity contribution < 1.29 is 14.6 Å². The lowest BCUT2D eigenvalue weighted by Gasteiger charge is -2.34. The lowest BCUT2D eigenvalue weighted by atomic mass is 10.1. The maximum Gasteiger partial charge on any atom is 0.328 e. The van der Waals surface area contributed by atoms with Crippen molar-refractivity contribution in [1.29, 1.82) is 5.26 Å². The first kappa shape index (κ1) is 12.4. The van der Waals surface area contributed by atoms with Gasteiger partial charge >= 0.3 is 5.97 Å². The molecule has 1 aliphatic rings. The second kappa shape index (κ2) is 5.07. The van der Waals surface area contributed by atoms with Crippen LogP contribution < -0.4 is 4.90 Å². The van der Waals surface area contributed by atoms with E-state index in [9.17, 15) is 4.79 Å². The summed E-state index contributed by atoms with van der Waals surface area (Å²) in [7, 11) is 0. The number of aryl methyl sites for hydroxylation is 1. The monoisotopic (exact) mass is 246 g/mol. The minimum absolute atomic E-state index is 0.189. The molecule has 0 radical (unpaired) electrons. The SMILES string of the molecule is Cc1cc(N2CCOCC2C(=O)O)ccc1C#N. The van der Waals surface area contributed by atoms with Gasteiger partial charge in [0.05, 0.1) is 24.8 Å². The van der Waals surface area contributed by atoms with Gasteiger partial charge < -0.3 is 14.7 Å². The highest BCUT2D eigenvalue weighted by Gasteiger charge is 2.29. The highest BCUT2D eigenvalue weighted by Crippen LogP contribution is 2.22. The second-order valence-electron chi connectivity index (χ2n) is 4.23. The lowest BCUT2D eigenvalue weighted by molar-refractivity contribution is -0.141. The topological polar surface area (TPSA) is 73.6 Å². The number of rotatable bonds is 2. The van der Waals surface area contributed by atoms with Gasteiger partial charge in [-0.1, -0.05) is 0 Å². The summed E-state index contributed by atoms with van der Waals surface area (Å²) in [5.74, 6) is -0.892. The smallest absolute Gasteiger partial charge is 0.328 e. The number of anilines is 1. The van der Waals surface area contributed by atoms with Crippen molar-refractivity contribution in [2.45, 2.75) is 13.0 Å². The quantitative estimate of drug-likeness (QED) is 0.847. The number of hydrogen-bond donors (Lipinski definition) is 1. The van der Waals surface area contributed by atoms with Crippen LogP contribution in [-0.4, -0.2) is 36.9 Å². The number of hydrogen-bond acceptors (Lipinski definition) is 4. The Labute approximate surface area is 105 Å². The number of ether oxygens (including phenoxy) is 1. The molecule has 1 fully saturated rings. The molecule has 18 heavy (non-hydrogen) atoms. The molecule has 1 aliphatic heterocycles. The molecule has 1 unspecified atom stereocenters. The molecule has 0 aliphatic carbocycles. The van der Waals surface area contributed by atoms with Crippen LogP contribution in [0.3, 0.4) is 0 Å². The number of carboxylic acids is 1. The minimum Gasteiger partial charge on any atom is -0.480 e. The second-order valence-corrected chi connectivity index (χ2v) is 4.23. The van der Waals surface area contributed by atoms with Crippen molar-refractivity contribution in [3.8, 4) is 6.07 Å². The molecule has 1 heterocycles. The van der Waals surface area contributed by atoms with E-state index >= 15 is 0 Å². The third-order valence-corrected chi connectivity index (χ3v) is 3.08. The van der Waals surface area contributed by atoms with Gasteiger partial charge in [-0.2, -0.15) is 5.26 Å². The Morgan fingerprint density at radius 3 is 3.00 bits per heavy atom. The van der Waals surface area contributed by atoms with E-state index in [4.69, 9.17) is 15.1 Å². The minimum atomic E-state index is -0.892. The Hall–Kier alpha value is -2.06. The van der Waals surface area contributed by atoms with Gasteiger partial charge in [0.15, 0.2) is 6.04 Å². The van der Waals surface area contributed by atoms with Crippen molar-refractivity contribution in [1.82, 2.24) is 0 Å². The van der Waals surface area contributed by atoms with Crippen molar-refractivity contribution >= 4 is 11.7 Å². The summed E-state index contributed by atoms with van der Waals surface area (Å²) >= 11 is 0. The summed E-state index contributed by atoms with van der Waals surface area (Å²) in [4.78, 5) is 13.0. The van der Waals surface area contributed by atoms with E-state index in [1.165, 1.54) is 0 Å². The average molecular weight is 246 g/mol. The van der Waals surface area contributed by atoms with Gasteiger partial charge in [-0.15, -0.1) is 0 Å². The summed E-state index contributed by atoms with van der Waals surface area (Å²) in [5.41, 5.74) is 2.28. The Kier molecular flexibility index (Phi) is 3.49. The molecule has 1 aromatic rings. The van der Waals surface area contributed by atoms with Crippen LogP contribution in [0.15, 0.2) is 18.2 Å². The van der Waals surface area contributed by atoms with Crippen LogP contribution in [0.2, 0.25) is 0 Å². The first-order chi connectivity index (χ1) is 8.63. The summed E-state index contributed by atoms with van der Waals surface area (Å²) < 4.78 is 5.20. The van der Waals surface area contributed by atoms with Crippen LogP contribution in [-0.2, 0) is 9.53 Å². The molecule has 0 saturated carbocycles. The molecule has 1 atom stereocenters. The van der Waals surface area contributed by atoms with E-state index in [0.717, 1.165) is 11.3 Å². The van der Waals surface area contributed by atoms with E-state index in [1.54, 1.807) is 17.0 Å². The van der Waals surface area contributed by atoms with Crippen molar-refractivity contribution in [2.24, 2.45) is 0 Å². The summed E-state index contributed by atoms with van der Waals surface area (Å²) in [5, 5.41) is 18.0. The van der Waals surface area contributed by atoms with E-state index in [1.807, 2.05) is 13.0 Å². The van der Waals surface area contributed by atoms with Gasteiger partial charge in [0.2, 0.25) is 0 Å².